The molecule has 1 saturated heterocycles. The van der Waals surface area contributed by atoms with Crippen molar-refractivity contribution in [1.29, 1.82) is 0 Å². The molecule has 5 aromatic rings. The lowest BCUT2D eigenvalue weighted by molar-refractivity contribution is -0.139. The van der Waals surface area contributed by atoms with Crippen molar-refractivity contribution in [3.05, 3.63) is 124 Å². The van der Waals surface area contributed by atoms with E-state index in [-0.39, 0.29) is 36.7 Å². The number of benzene rings is 3. The minimum Gasteiger partial charge on any atom is -0.465 e. The van der Waals surface area contributed by atoms with Gasteiger partial charge >= 0.3 is 13.8 Å². The Kier molecular flexibility index (Phi) is 8.41. The van der Waals surface area contributed by atoms with E-state index in [1.807, 2.05) is 84.9 Å². The standard InChI is InChI=1S/C31H27N2O7PS/c34-29(30-32-27(20-42-30)25-15-16-37-31(25)35)26-17-33(28-14-8-7-13-24(26)28)21-40-41(36,38-18-22-9-3-1-4-10-22)39-19-23-11-5-2-6-12-23/h1-14,17,20,25H,15-16,18-19,21H2. The fourth-order valence-electron chi connectivity index (χ4n) is 4.67. The van der Waals surface area contributed by atoms with Gasteiger partial charge in [-0.3, -0.25) is 23.2 Å². The highest BCUT2D eigenvalue weighted by molar-refractivity contribution is 7.48. The molecule has 0 N–H and O–H groups in total. The number of fused-ring (bicyclic) bond motifs is 1. The van der Waals surface area contributed by atoms with E-state index in [1.54, 1.807) is 16.1 Å². The maximum Gasteiger partial charge on any atom is 0.477 e. The van der Waals surface area contributed by atoms with Crippen molar-refractivity contribution in [2.75, 3.05) is 6.61 Å². The predicted octanol–water partition coefficient (Wildman–Crippen LogP) is 6.88. The lowest BCUT2D eigenvalue weighted by atomic mass is 10.1. The van der Waals surface area contributed by atoms with Crippen LogP contribution in [0.1, 0.15) is 44.5 Å². The van der Waals surface area contributed by atoms with Gasteiger partial charge in [0.2, 0.25) is 5.78 Å². The number of phosphoric acid groups is 1. The molecule has 6 rings (SSSR count). The van der Waals surface area contributed by atoms with Crippen molar-refractivity contribution in [3.63, 3.8) is 0 Å². The van der Waals surface area contributed by atoms with Crippen molar-refractivity contribution in [2.24, 2.45) is 0 Å². The zero-order valence-electron chi connectivity index (χ0n) is 22.5. The Morgan fingerprint density at radius 2 is 1.57 bits per heavy atom. The van der Waals surface area contributed by atoms with E-state index in [1.165, 1.54) is 11.3 Å². The molecule has 1 fully saturated rings. The Hall–Kier alpha value is -3.92. The fraction of sp³-hybridized carbons (Fsp3) is 0.194. The van der Waals surface area contributed by atoms with E-state index in [0.29, 0.717) is 35.2 Å². The fourth-order valence-corrected chi connectivity index (χ4v) is 6.59. The van der Waals surface area contributed by atoms with Crippen molar-refractivity contribution < 1.29 is 32.5 Å². The molecule has 0 aliphatic carbocycles. The van der Waals surface area contributed by atoms with Gasteiger partial charge in [-0.2, -0.15) is 0 Å². The van der Waals surface area contributed by atoms with Crippen molar-refractivity contribution in [1.82, 2.24) is 9.55 Å². The number of phosphoric ester groups is 1. The summed E-state index contributed by atoms with van der Waals surface area (Å²) in [5, 5.41) is 2.70. The number of thiazole rings is 1. The maximum atomic E-state index is 13.8. The summed E-state index contributed by atoms with van der Waals surface area (Å²) in [6.07, 6.45) is 2.20. The molecule has 9 nitrogen and oxygen atoms in total. The van der Waals surface area contributed by atoms with Gasteiger partial charge in [0, 0.05) is 23.4 Å². The lowest BCUT2D eigenvalue weighted by Crippen LogP contribution is -2.07. The first-order chi connectivity index (χ1) is 20.5. The number of carbonyl (C=O) groups is 2. The number of aromatic nitrogens is 2. The number of carbonyl (C=O) groups excluding carboxylic acids is 2. The normalized spacial score (nSPS) is 15.2. The molecule has 2 aromatic heterocycles. The average molecular weight is 603 g/mol. The maximum absolute atomic E-state index is 13.8. The molecule has 0 saturated carbocycles. The van der Waals surface area contributed by atoms with Crippen LogP contribution in [0, 0.1) is 0 Å². The first-order valence-electron chi connectivity index (χ1n) is 13.4. The summed E-state index contributed by atoms with van der Waals surface area (Å²) in [7, 11) is -4.04. The van der Waals surface area contributed by atoms with Crippen LogP contribution in [0.15, 0.2) is 96.5 Å². The number of nitrogens with zero attached hydrogens (tertiary/aromatic N) is 2. The molecule has 3 heterocycles. The van der Waals surface area contributed by atoms with Crippen LogP contribution in [0.5, 0.6) is 0 Å². The van der Waals surface area contributed by atoms with E-state index in [2.05, 4.69) is 4.98 Å². The van der Waals surface area contributed by atoms with Crippen LogP contribution in [0.4, 0.5) is 0 Å². The van der Waals surface area contributed by atoms with Crippen LogP contribution in [0.2, 0.25) is 0 Å². The van der Waals surface area contributed by atoms with Gasteiger partial charge in [-0.1, -0.05) is 78.9 Å². The molecule has 214 valence electrons. The third-order valence-corrected chi connectivity index (χ3v) is 9.04. The molecule has 1 atom stereocenters. The minimum absolute atomic E-state index is 0.0317. The second kappa shape index (κ2) is 12.5. The number of ether oxygens (including phenoxy) is 1. The quantitative estimate of drug-likeness (QED) is 0.0865. The summed E-state index contributed by atoms with van der Waals surface area (Å²) in [4.78, 5) is 30.1. The van der Waals surface area contributed by atoms with Crippen molar-refractivity contribution in [3.8, 4) is 0 Å². The SMILES string of the molecule is O=C(c1nc(C2CCOC2=O)cs1)c1cn(COP(=O)(OCc2ccccc2)OCc2ccccc2)c2ccccc12. The van der Waals surface area contributed by atoms with Crippen LogP contribution < -0.4 is 0 Å². The summed E-state index contributed by atoms with van der Waals surface area (Å²) in [6.45, 7) is 0.228. The molecule has 3 aromatic carbocycles. The van der Waals surface area contributed by atoms with E-state index in [0.717, 1.165) is 11.1 Å². The number of hydrogen-bond acceptors (Lipinski definition) is 9. The van der Waals surface area contributed by atoms with Crippen LogP contribution >= 0.6 is 19.2 Å². The van der Waals surface area contributed by atoms with Crippen LogP contribution in [0.25, 0.3) is 10.9 Å². The zero-order chi connectivity index (χ0) is 28.9. The molecule has 0 amide bonds. The first-order valence-corrected chi connectivity index (χ1v) is 15.7. The topological polar surface area (TPSA) is 106 Å². The summed E-state index contributed by atoms with van der Waals surface area (Å²) >= 11 is 1.19. The second-order valence-corrected chi connectivity index (χ2v) is 12.2. The smallest absolute Gasteiger partial charge is 0.465 e. The van der Waals surface area contributed by atoms with E-state index >= 15 is 0 Å². The number of hydrogen-bond donors (Lipinski definition) is 0. The van der Waals surface area contributed by atoms with Gasteiger partial charge < -0.3 is 9.30 Å². The number of esters is 1. The van der Waals surface area contributed by atoms with Gasteiger partial charge in [0.15, 0.2) is 5.01 Å². The minimum atomic E-state index is -4.04. The molecule has 0 spiro atoms. The zero-order valence-corrected chi connectivity index (χ0v) is 24.2. The summed E-state index contributed by atoms with van der Waals surface area (Å²) < 4.78 is 37.9. The van der Waals surface area contributed by atoms with Gasteiger partial charge in [-0.25, -0.2) is 9.55 Å². The number of ketones is 1. The molecule has 0 bridgehead atoms. The molecular weight excluding hydrogens is 575 g/mol. The van der Waals surface area contributed by atoms with Gasteiger partial charge in [-0.05, 0) is 17.2 Å². The molecular formula is C31H27N2O7PS. The van der Waals surface area contributed by atoms with Gasteiger partial charge in [0.25, 0.3) is 0 Å². The Bertz CT molecular complexity index is 1710. The Labute approximate surface area is 246 Å². The van der Waals surface area contributed by atoms with E-state index in [4.69, 9.17) is 18.3 Å². The molecule has 0 radical (unpaired) electrons. The monoisotopic (exact) mass is 602 g/mol. The summed E-state index contributed by atoms with van der Waals surface area (Å²) in [5.74, 6) is -1.05. The molecule has 1 aliphatic rings. The van der Waals surface area contributed by atoms with Gasteiger partial charge in [-0.15, -0.1) is 11.3 Å². The Balaban J connectivity index is 1.23. The highest BCUT2D eigenvalue weighted by atomic mass is 32.1. The summed E-state index contributed by atoms with van der Waals surface area (Å²) in [6, 6.07) is 26.0. The number of cyclic esters (lactones) is 1. The van der Waals surface area contributed by atoms with Crippen LogP contribution in [0.3, 0.4) is 0 Å². The molecule has 42 heavy (non-hydrogen) atoms. The van der Waals surface area contributed by atoms with E-state index in [9.17, 15) is 14.2 Å². The molecule has 11 heteroatoms. The highest BCUT2D eigenvalue weighted by Gasteiger charge is 2.32. The molecule has 1 aliphatic heterocycles. The van der Waals surface area contributed by atoms with Crippen LogP contribution in [-0.2, 0) is 47.6 Å². The predicted molar refractivity (Wildman–Crippen MR) is 157 cm³/mol. The first kappa shape index (κ1) is 28.2. The number of rotatable bonds is 12. The number of para-hydroxylation sites is 1. The van der Waals surface area contributed by atoms with E-state index < -0.39 is 13.7 Å². The summed E-state index contributed by atoms with van der Waals surface area (Å²) in [5.41, 5.74) is 3.30. The van der Waals surface area contributed by atoms with Crippen LogP contribution in [-0.4, -0.2) is 27.9 Å². The Morgan fingerprint density at radius 3 is 2.21 bits per heavy atom. The second-order valence-electron chi connectivity index (χ2n) is 9.67. The third kappa shape index (κ3) is 6.28. The third-order valence-electron chi connectivity index (χ3n) is 6.86. The van der Waals surface area contributed by atoms with Gasteiger partial charge in [0.05, 0.1) is 36.6 Å². The lowest BCUT2D eigenvalue weighted by Gasteiger charge is -2.19. The molecule has 1 unspecified atom stereocenters. The Morgan fingerprint density at radius 1 is 0.929 bits per heavy atom. The van der Waals surface area contributed by atoms with Gasteiger partial charge in [0.1, 0.15) is 12.6 Å². The largest absolute Gasteiger partial charge is 0.477 e. The average Bonchev–Trinajstić information content (AvgIpc) is 3.78. The van der Waals surface area contributed by atoms with Crippen molar-refractivity contribution >= 4 is 41.8 Å². The highest BCUT2D eigenvalue weighted by Crippen LogP contribution is 2.51. The van der Waals surface area contributed by atoms with Crippen molar-refractivity contribution in [2.45, 2.75) is 32.3 Å².